The maximum atomic E-state index is 11.3. The van der Waals surface area contributed by atoms with E-state index in [4.69, 9.17) is 11.6 Å². The van der Waals surface area contributed by atoms with E-state index in [9.17, 15) is 4.79 Å². The van der Waals surface area contributed by atoms with Crippen molar-refractivity contribution in [3.63, 3.8) is 0 Å². The van der Waals surface area contributed by atoms with Crippen molar-refractivity contribution in [3.05, 3.63) is 16.9 Å². The highest BCUT2D eigenvalue weighted by Crippen LogP contribution is 2.11. The number of nitrogens with one attached hydrogen (secondary N) is 2. The van der Waals surface area contributed by atoms with E-state index in [1.807, 2.05) is 6.92 Å². The third-order valence-corrected chi connectivity index (χ3v) is 2.92. The first-order chi connectivity index (χ1) is 8.63. The normalized spacial score (nSPS) is 10.4. The number of urea groups is 1. The molecule has 5 nitrogen and oxygen atoms in total. The third-order valence-electron chi connectivity index (χ3n) is 2.55. The van der Waals surface area contributed by atoms with Crippen LogP contribution in [0.4, 0.5) is 4.79 Å². The molecule has 0 spiro atoms. The van der Waals surface area contributed by atoms with Gasteiger partial charge in [-0.15, -0.1) is 0 Å². The van der Waals surface area contributed by atoms with Gasteiger partial charge in [0.15, 0.2) is 0 Å². The second-order valence-corrected chi connectivity index (χ2v) is 4.62. The van der Waals surface area contributed by atoms with Crippen molar-refractivity contribution in [2.75, 3.05) is 13.1 Å². The first-order valence-electron chi connectivity index (χ1n) is 6.34. The van der Waals surface area contributed by atoms with Crippen LogP contribution in [0.2, 0.25) is 5.02 Å². The van der Waals surface area contributed by atoms with Gasteiger partial charge in [-0.1, -0.05) is 24.9 Å². The van der Waals surface area contributed by atoms with E-state index in [1.165, 1.54) is 0 Å². The zero-order chi connectivity index (χ0) is 13.4. The Morgan fingerprint density at radius 1 is 1.39 bits per heavy atom. The fourth-order valence-electron chi connectivity index (χ4n) is 1.49. The van der Waals surface area contributed by atoms with Gasteiger partial charge in [0.25, 0.3) is 0 Å². The SMILES string of the molecule is CCCCNC(=O)NCCCn1cc(Cl)c(C)n1. The molecule has 1 rings (SSSR count). The molecular weight excluding hydrogens is 252 g/mol. The van der Waals surface area contributed by atoms with E-state index in [0.717, 1.165) is 38.0 Å². The molecular formula is C12H21ClN4O. The summed E-state index contributed by atoms with van der Waals surface area (Å²) in [6, 6.07) is -0.0990. The number of amides is 2. The topological polar surface area (TPSA) is 59.0 Å². The van der Waals surface area contributed by atoms with Gasteiger partial charge in [0, 0.05) is 25.8 Å². The van der Waals surface area contributed by atoms with Crippen LogP contribution >= 0.6 is 11.6 Å². The highest BCUT2D eigenvalue weighted by atomic mass is 35.5. The zero-order valence-electron chi connectivity index (χ0n) is 11.0. The Morgan fingerprint density at radius 2 is 2.06 bits per heavy atom. The van der Waals surface area contributed by atoms with Crippen molar-refractivity contribution in [3.8, 4) is 0 Å². The first kappa shape index (κ1) is 14.8. The predicted molar refractivity (Wildman–Crippen MR) is 72.9 cm³/mol. The van der Waals surface area contributed by atoms with Crippen LogP contribution in [0.25, 0.3) is 0 Å². The number of halogens is 1. The number of hydrogen-bond acceptors (Lipinski definition) is 2. The molecule has 1 aromatic heterocycles. The van der Waals surface area contributed by atoms with E-state index in [2.05, 4.69) is 22.7 Å². The minimum Gasteiger partial charge on any atom is -0.338 e. The largest absolute Gasteiger partial charge is 0.338 e. The summed E-state index contributed by atoms with van der Waals surface area (Å²) in [5, 5.41) is 10.5. The molecule has 0 unspecified atom stereocenters. The highest BCUT2D eigenvalue weighted by molar-refractivity contribution is 6.31. The van der Waals surface area contributed by atoms with Gasteiger partial charge in [0.05, 0.1) is 10.7 Å². The number of aryl methyl sites for hydroxylation is 2. The average Bonchev–Trinajstić information content (AvgIpc) is 2.65. The molecule has 18 heavy (non-hydrogen) atoms. The maximum absolute atomic E-state index is 11.3. The standard InChI is InChI=1S/C12H21ClN4O/c1-3-4-6-14-12(18)15-7-5-8-17-9-11(13)10(2)16-17/h9H,3-8H2,1-2H3,(H2,14,15,18). The van der Waals surface area contributed by atoms with E-state index in [1.54, 1.807) is 10.9 Å². The molecule has 0 radical (unpaired) electrons. The van der Waals surface area contributed by atoms with Gasteiger partial charge in [-0.05, 0) is 19.8 Å². The molecule has 6 heteroatoms. The molecule has 0 aliphatic heterocycles. The lowest BCUT2D eigenvalue weighted by molar-refractivity contribution is 0.240. The summed E-state index contributed by atoms with van der Waals surface area (Å²) in [7, 11) is 0. The van der Waals surface area contributed by atoms with Crippen molar-refractivity contribution in [2.45, 2.75) is 39.7 Å². The molecule has 0 atom stereocenters. The fourth-order valence-corrected chi connectivity index (χ4v) is 1.64. The molecule has 0 aliphatic carbocycles. The molecule has 0 bridgehead atoms. The van der Waals surface area contributed by atoms with Crippen molar-refractivity contribution < 1.29 is 4.79 Å². The van der Waals surface area contributed by atoms with Crippen molar-refractivity contribution >= 4 is 17.6 Å². The molecule has 2 N–H and O–H groups in total. The number of carbonyl (C=O) groups is 1. The van der Waals surface area contributed by atoms with E-state index in [0.29, 0.717) is 11.6 Å². The van der Waals surface area contributed by atoms with Crippen LogP contribution in [0.5, 0.6) is 0 Å². The Labute approximate surface area is 113 Å². The minimum atomic E-state index is -0.0990. The molecule has 0 fully saturated rings. The van der Waals surface area contributed by atoms with Gasteiger partial charge in [0.2, 0.25) is 0 Å². The summed E-state index contributed by atoms with van der Waals surface area (Å²) >= 11 is 5.90. The number of hydrogen-bond donors (Lipinski definition) is 2. The molecule has 1 aromatic rings. The number of carbonyl (C=O) groups excluding carboxylic acids is 1. The average molecular weight is 273 g/mol. The quantitative estimate of drug-likeness (QED) is 0.749. The second kappa shape index (κ2) is 7.97. The van der Waals surface area contributed by atoms with Crippen LogP contribution in [0.15, 0.2) is 6.20 Å². The van der Waals surface area contributed by atoms with Crippen molar-refractivity contribution in [1.82, 2.24) is 20.4 Å². The number of unbranched alkanes of at least 4 members (excludes halogenated alkanes) is 1. The predicted octanol–water partition coefficient (Wildman–Crippen LogP) is 2.33. The van der Waals surface area contributed by atoms with Crippen molar-refractivity contribution in [2.24, 2.45) is 0 Å². The van der Waals surface area contributed by atoms with Crippen molar-refractivity contribution in [1.29, 1.82) is 0 Å². The molecule has 0 saturated carbocycles. The van der Waals surface area contributed by atoms with Gasteiger partial charge in [0.1, 0.15) is 0 Å². The minimum absolute atomic E-state index is 0.0990. The van der Waals surface area contributed by atoms with E-state index < -0.39 is 0 Å². The van der Waals surface area contributed by atoms with Gasteiger partial charge in [-0.25, -0.2) is 4.79 Å². The number of aromatic nitrogens is 2. The van der Waals surface area contributed by atoms with Gasteiger partial charge >= 0.3 is 6.03 Å². The van der Waals surface area contributed by atoms with Gasteiger partial charge in [-0.2, -0.15) is 5.10 Å². The van der Waals surface area contributed by atoms with Crippen LogP contribution < -0.4 is 10.6 Å². The molecule has 0 aromatic carbocycles. The van der Waals surface area contributed by atoms with Crippen LogP contribution in [0, 0.1) is 6.92 Å². The molecule has 1 heterocycles. The lowest BCUT2D eigenvalue weighted by Crippen LogP contribution is -2.36. The Hall–Kier alpha value is -1.23. The fraction of sp³-hybridized carbons (Fsp3) is 0.667. The summed E-state index contributed by atoms with van der Waals surface area (Å²) < 4.78 is 1.80. The second-order valence-electron chi connectivity index (χ2n) is 4.22. The van der Waals surface area contributed by atoms with Gasteiger partial charge in [-0.3, -0.25) is 4.68 Å². The smallest absolute Gasteiger partial charge is 0.314 e. The van der Waals surface area contributed by atoms with Crippen LogP contribution in [-0.2, 0) is 6.54 Å². The summed E-state index contributed by atoms with van der Waals surface area (Å²) in [5.74, 6) is 0. The molecule has 2 amide bonds. The Morgan fingerprint density at radius 3 is 2.61 bits per heavy atom. The van der Waals surface area contributed by atoms with Crippen LogP contribution in [-0.4, -0.2) is 28.9 Å². The molecule has 102 valence electrons. The highest BCUT2D eigenvalue weighted by Gasteiger charge is 2.02. The lowest BCUT2D eigenvalue weighted by atomic mass is 10.3. The lowest BCUT2D eigenvalue weighted by Gasteiger charge is -2.07. The summed E-state index contributed by atoms with van der Waals surface area (Å²) in [4.78, 5) is 11.3. The summed E-state index contributed by atoms with van der Waals surface area (Å²) in [6.45, 7) is 6.09. The monoisotopic (exact) mass is 272 g/mol. The van der Waals surface area contributed by atoms with Gasteiger partial charge < -0.3 is 10.6 Å². The van der Waals surface area contributed by atoms with Crippen LogP contribution in [0.1, 0.15) is 31.9 Å². The first-order valence-corrected chi connectivity index (χ1v) is 6.72. The van der Waals surface area contributed by atoms with E-state index in [-0.39, 0.29) is 6.03 Å². The number of nitrogens with zero attached hydrogens (tertiary/aromatic N) is 2. The Balaban J connectivity index is 2.09. The molecule has 0 aliphatic rings. The van der Waals surface area contributed by atoms with Crippen LogP contribution in [0.3, 0.4) is 0 Å². The Bertz CT molecular complexity index is 359. The third kappa shape index (κ3) is 5.40. The Kier molecular flexibility index (Phi) is 6.57. The van der Waals surface area contributed by atoms with E-state index >= 15 is 0 Å². The summed E-state index contributed by atoms with van der Waals surface area (Å²) in [6.07, 6.45) is 4.73. The number of rotatable bonds is 7. The zero-order valence-corrected chi connectivity index (χ0v) is 11.8. The summed E-state index contributed by atoms with van der Waals surface area (Å²) in [5.41, 5.74) is 0.835. The molecule has 0 saturated heterocycles. The maximum Gasteiger partial charge on any atom is 0.314 e.